The van der Waals surface area contributed by atoms with Gasteiger partial charge in [0, 0.05) is 16.2 Å². The Balaban J connectivity index is 1.81. The van der Waals surface area contributed by atoms with Crippen molar-refractivity contribution in [3.8, 4) is 0 Å². The summed E-state index contributed by atoms with van der Waals surface area (Å²) in [5.41, 5.74) is 1.92. The molecular formula is C22H26F2N2OS2. The number of rotatable bonds is 6. The minimum absolute atomic E-state index is 0.286. The highest BCUT2D eigenvalue weighted by molar-refractivity contribution is 7.99. The molecule has 0 aliphatic heterocycles. The lowest BCUT2D eigenvalue weighted by atomic mass is 9.84. The smallest absolute Gasteiger partial charge is 0.317 e. The Morgan fingerprint density at radius 3 is 2.34 bits per heavy atom. The van der Waals surface area contributed by atoms with Crippen LogP contribution in [-0.2, 0) is 10.7 Å². The zero-order chi connectivity index (χ0) is 21.0. The average molecular weight is 437 g/mol. The van der Waals surface area contributed by atoms with Crippen LogP contribution in [0.1, 0.15) is 54.8 Å². The van der Waals surface area contributed by atoms with Crippen LogP contribution in [0.25, 0.3) is 0 Å². The fourth-order valence-corrected chi connectivity index (χ4v) is 5.07. The molecule has 3 rings (SSSR count). The molecule has 29 heavy (non-hydrogen) atoms. The molecule has 1 aromatic carbocycles. The van der Waals surface area contributed by atoms with Gasteiger partial charge in [0.05, 0.1) is 5.69 Å². The van der Waals surface area contributed by atoms with Gasteiger partial charge in [-0.3, -0.25) is 4.79 Å². The molecule has 1 N–H and O–H groups in total. The summed E-state index contributed by atoms with van der Waals surface area (Å²) in [4.78, 5) is 17.6. The quantitative estimate of drug-likeness (QED) is 0.517. The SMILES string of the molecule is CSc1cc(C)nc(SC)c1NC(=O)C(F)(F)c1ccc(C2CCCCC2)cc1. The molecule has 0 unspecified atom stereocenters. The van der Waals surface area contributed by atoms with Gasteiger partial charge in [0.15, 0.2) is 0 Å². The number of benzene rings is 1. The summed E-state index contributed by atoms with van der Waals surface area (Å²) in [5.74, 6) is -4.52. The lowest BCUT2D eigenvalue weighted by Crippen LogP contribution is -2.32. The Hall–Kier alpha value is -1.60. The van der Waals surface area contributed by atoms with Crippen molar-refractivity contribution in [2.24, 2.45) is 0 Å². The topological polar surface area (TPSA) is 42.0 Å². The second-order valence-electron chi connectivity index (χ2n) is 7.34. The van der Waals surface area contributed by atoms with Crippen LogP contribution in [0.4, 0.5) is 14.5 Å². The van der Waals surface area contributed by atoms with E-state index < -0.39 is 11.8 Å². The highest BCUT2D eigenvalue weighted by atomic mass is 32.2. The largest absolute Gasteiger partial charge is 0.350 e. The number of hydrogen-bond donors (Lipinski definition) is 1. The maximum atomic E-state index is 14.9. The molecule has 0 saturated heterocycles. The molecule has 1 aliphatic rings. The molecular weight excluding hydrogens is 410 g/mol. The Labute approximate surface area is 179 Å². The molecule has 0 atom stereocenters. The monoisotopic (exact) mass is 436 g/mol. The van der Waals surface area contributed by atoms with Crippen molar-refractivity contribution >= 4 is 35.1 Å². The van der Waals surface area contributed by atoms with E-state index in [1.807, 2.05) is 19.4 Å². The first-order valence-electron chi connectivity index (χ1n) is 9.76. The van der Waals surface area contributed by atoms with Crippen LogP contribution in [0.5, 0.6) is 0 Å². The van der Waals surface area contributed by atoms with E-state index in [9.17, 15) is 13.6 Å². The molecule has 1 fully saturated rings. The van der Waals surface area contributed by atoms with Crippen molar-refractivity contribution in [2.75, 3.05) is 17.8 Å². The number of nitrogens with one attached hydrogen (secondary N) is 1. The highest BCUT2D eigenvalue weighted by Gasteiger charge is 2.41. The molecule has 1 aliphatic carbocycles. The van der Waals surface area contributed by atoms with Gasteiger partial charge in [-0.2, -0.15) is 8.78 Å². The van der Waals surface area contributed by atoms with Gasteiger partial charge >= 0.3 is 5.92 Å². The number of alkyl halides is 2. The number of aryl methyl sites for hydroxylation is 1. The number of thioether (sulfide) groups is 2. The summed E-state index contributed by atoms with van der Waals surface area (Å²) in [6.07, 6.45) is 9.48. The van der Waals surface area contributed by atoms with Gasteiger partial charge < -0.3 is 5.32 Å². The van der Waals surface area contributed by atoms with Crippen LogP contribution in [0.3, 0.4) is 0 Å². The van der Waals surface area contributed by atoms with E-state index in [2.05, 4.69) is 10.3 Å². The van der Waals surface area contributed by atoms with E-state index in [4.69, 9.17) is 0 Å². The normalized spacial score (nSPS) is 15.3. The zero-order valence-corrected chi connectivity index (χ0v) is 18.6. The number of amides is 1. The maximum absolute atomic E-state index is 14.9. The van der Waals surface area contributed by atoms with E-state index in [0.29, 0.717) is 16.6 Å². The summed E-state index contributed by atoms with van der Waals surface area (Å²) in [6.45, 7) is 1.84. The second-order valence-corrected chi connectivity index (χ2v) is 8.98. The molecule has 156 valence electrons. The predicted molar refractivity (Wildman–Crippen MR) is 117 cm³/mol. The first-order valence-corrected chi connectivity index (χ1v) is 12.2. The lowest BCUT2D eigenvalue weighted by molar-refractivity contribution is -0.141. The Bertz CT molecular complexity index is 841. The van der Waals surface area contributed by atoms with Crippen LogP contribution in [0.2, 0.25) is 0 Å². The fourth-order valence-electron chi connectivity index (χ4n) is 3.76. The minimum atomic E-state index is -3.62. The van der Waals surface area contributed by atoms with Crippen LogP contribution in [0.15, 0.2) is 40.3 Å². The first-order chi connectivity index (χ1) is 13.9. The van der Waals surface area contributed by atoms with Crippen LogP contribution in [-0.4, -0.2) is 23.4 Å². The van der Waals surface area contributed by atoms with Crippen LogP contribution in [0, 0.1) is 6.92 Å². The lowest BCUT2D eigenvalue weighted by Gasteiger charge is -2.23. The van der Waals surface area contributed by atoms with Gasteiger partial charge in [0.1, 0.15) is 5.03 Å². The number of aromatic nitrogens is 1. The van der Waals surface area contributed by atoms with Crippen molar-refractivity contribution in [3.05, 3.63) is 47.2 Å². The van der Waals surface area contributed by atoms with E-state index >= 15 is 0 Å². The van der Waals surface area contributed by atoms with Gasteiger partial charge in [-0.1, -0.05) is 43.5 Å². The number of carbonyl (C=O) groups is 1. The van der Waals surface area contributed by atoms with Crippen molar-refractivity contribution in [2.45, 2.75) is 60.8 Å². The van der Waals surface area contributed by atoms with Gasteiger partial charge in [0.25, 0.3) is 5.91 Å². The van der Waals surface area contributed by atoms with E-state index in [1.54, 1.807) is 18.2 Å². The highest BCUT2D eigenvalue weighted by Crippen LogP contribution is 2.38. The summed E-state index contributed by atoms with van der Waals surface area (Å²) in [6, 6.07) is 8.07. The molecule has 2 aromatic rings. The molecule has 1 saturated carbocycles. The molecule has 1 aromatic heterocycles. The van der Waals surface area contributed by atoms with E-state index in [1.165, 1.54) is 54.9 Å². The van der Waals surface area contributed by atoms with E-state index in [-0.39, 0.29) is 5.56 Å². The third-order valence-corrected chi connectivity index (χ3v) is 6.81. The molecule has 0 radical (unpaired) electrons. The van der Waals surface area contributed by atoms with Gasteiger partial charge in [-0.15, -0.1) is 23.5 Å². The number of nitrogens with zero attached hydrogens (tertiary/aromatic N) is 1. The Morgan fingerprint density at radius 2 is 1.76 bits per heavy atom. The number of hydrogen-bond acceptors (Lipinski definition) is 4. The van der Waals surface area contributed by atoms with Crippen LogP contribution >= 0.6 is 23.5 Å². The van der Waals surface area contributed by atoms with Crippen LogP contribution < -0.4 is 5.32 Å². The zero-order valence-electron chi connectivity index (χ0n) is 16.9. The van der Waals surface area contributed by atoms with Crippen molar-refractivity contribution in [1.82, 2.24) is 4.98 Å². The molecule has 1 amide bonds. The Morgan fingerprint density at radius 1 is 1.10 bits per heavy atom. The standard InChI is InChI=1S/C22H26F2N2OS2/c1-14-13-18(28-2)19(20(25-14)29-3)26-21(27)22(23,24)17-11-9-16(10-12-17)15-7-5-4-6-8-15/h9-13,15H,4-8H2,1-3H3,(H,26,27). The van der Waals surface area contributed by atoms with Gasteiger partial charge in [-0.05, 0) is 49.8 Å². The third-order valence-electron chi connectivity index (χ3n) is 5.36. The molecule has 0 bridgehead atoms. The summed E-state index contributed by atoms with van der Waals surface area (Å²) in [5, 5.41) is 2.97. The molecule has 0 spiro atoms. The number of halogens is 2. The summed E-state index contributed by atoms with van der Waals surface area (Å²) < 4.78 is 29.8. The maximum Gasteiger partial charge on any atom is 0.350 e. The molecule has 3 nitrogen and oxygen atoms in total. The number of carbonyl (C=O) groups excluding carboxylic acids is 1. The van der Waals surface area contributed by atoms with Crippen molar-refractivity contribution in [3.63, 3.8) is 0 Å². The average Bonchev–Trinajstić information content (AvgIpc) is 2.75. The molecule has 7 heteroatoms. The molecule has 1 heterocycles. The van der Waals surface area contributed by atoms with Gasteiger partial charge in [0.2, 0.25) is 0 Å². The summed E-state index contributed by atoms with van der Waals surface area (Å²) >= 11 is 2.71. The fraction of sp³-hybridized carbons (Fsp3) is 0.455. The van der Waals surface area contributed by atoms with E-state index in [0.717, 1.165) is 29.0 Å². The minimum Gasteiger partial charge on any atom is -0.317 e. The second kappa shape index (κ2) is 9.47. The summed E-state index contributed by atoms with van der Waals surface area (Å²) in [7, 11) is 0. The van der Waals surface area contributed by atoms with Crippen molar-refractivity contribution in [1.29, 1.82) is 0 Å². The number of pyridine rings is 1. The van der Waals surface area contributed by atoms with Gasteiger partial charge in [-0.25, -0.2) is 4.98 Å². The first kappa shape index (κ1) is 22.1. The Kier molecular flexibility index (Phi) is 7.22. The third kappa shape index (κ3) is 4.94. The number of anilines is 1. The van der Waals surface area contributed by atoms with Crippen molar-refractivity contribution < 1.29 is 13.6 Å². The predicted octanol–water partition coefficient (Wildman–Crippen LogP) is 6.61.